The Morgan fingerprint density at radius 1 is 0.885 bits per heavy atom. The van der Waals surface area contributed by atoms with Crippen molar-refractivity contribution in [2.45, 2.75) is 64.7 Å². The summed E-state index contributed by atoms with van der Waals surface area (Å²) in [6.07, 6.45) is 0.247. The molecule has 4 rings (SSSR count). The molecule has 4 N–H and O–H groups in total. The van der Waals surface area contributed by atoms with E-state index in [1.807, 2.05) is 30.3 Å². The molecule has 16 heteroatoms. The standard InChI is InChI=1S/C36H43Cl2N7O6S/c1-20(2)31-34(50)40-22(4)36(51)44(5)13-14-45(30(47)17-24-11-12-25(37)26(38)15-24)18-29(46)41-27(16-23-9-7-6-8-10-23)35-42-28(19-52-35)33(49)39-21(3)32(48)43-31/h6-12,15,19-22,27,31H,13-14,16-18H2,1-5H3,(H,39,49)(H,40,50)(H,41,46)(H,43,48)/t21-,22+,27-,31-/m0/s1. The maximum Gasteiger partial charge on any atom is 0.271 e. The highest BCUT2D eigenvalue weighted by Crippen LogP contribution is 2.24. The molecule has 1 aliphatic heterocycles. The van der Waals surface area contributed by atoms with Gasteiger partial charge in [-0.05, 0) is 49.4 Å². The Morgan fingerprint density at radius 2 is 1.60 bits per heavy atom. The number of nitrogens with zero attached hydrogens (tertiary/aromatic N) is 3. The molecule has 0 unspecified atom stereocenters. The number of aromatic nitrogens is 1. The maximum absolute atomic E-state index is 13.7. The van der Waals surface area contributed by atoms with Gasteiger partial charge in [0.25, 0.3) is 5.91 Å². The summed E-state index contributed by atoms with van der Waals surface area (Å²) in [6.45, 7) is 6.18. The monoisotopic (exact) mass is 771 g/mol. The van der Waals surface area contributed by atoms with Gasteiger partial charge in [0.15, 0.2) is 0 Å². The average molecular weight is 773 g/mol. The lowest BCUT2D eigenvalue weighted by molar-refractivity contribution is -0.138. The van der Waals surface area contributed by atoms with Crippen molar-refractivity contribution in [1.82, 2.24) is 36.1 Å². The Bertz CT molecular complexity index is 1790. The molecule has 0 spiro atoms. The molecular weight excluding hydrogens is 729 g/mol. The van der Waals surface area contributed by atoms with Gasteiger partial charge in [-0.2, -0.15) is 0 Å². The van der Waals surface area contributed by atoms with Crippen molar-refractivity contribution >= 4 is 70.0 Å². The number of fused-ring (bicyclic) bond motifs is 2. The molecule has 0 fully saturated rings. The number of amides is 6. The minimum absolute atomic E-state index is 0.00995. The molecule has 2 aromatic carbocycles. The Morgan fingerprint density at radius 3 is 2.27 bits per heavy atom. The Hall–Kier alpha value is -4.53. The largest absolute Gasteiger partial charge is 0.345 e. The fourth-order valence-corrected chi connectivity index (χ4v) is 6.64. The number of halogens is 2. The lowest BCUT2D eigenvalue weighted by atomic mass is 10.0. The minimum Gasteiger partial charge on any atom is -0.345 e. The summed E-state index contributed by atoms with van der Waals surface area (Å²) in [5.74, 6) is -3.48. The van der Waals surface area contributed by atoms with Gasteiger partial charge in [0, 0.05) is 25.5 Å². The van der Waals surface area contributed by atoms with E-state index >= 15 is 0 Å². The highest BCUT2D eigenvalue weighted by molar-refractivity contribution is 7.09. The smallest absolute Gasteiger partial charge is 0.271 e. The van der Waals surface area contributed by atoms with E-state index in [1.165, 1.54) is 47.4 Å². The molecule has 0 saturated carbocycles. The molecule has 2 bridgehead atoms. The van der Waals surface area contributed by atoms with Crippen LogP contribution in [0, 0.1) is 5.92 Å². The zero-order chi connectivity index (χ0) is 38.1. The van der Waals surface area contributed by atoms with E-state index in [4.69, 9.17) is 23.2 Å². The van der Waals surface area contributed by atoms with Gasteiger partial charge >= 0.3 is 0 Å². The van der Waals surface area contributed by atoms with E-state index in [-0.39, 0.29) is 42.7 Å². The highest BCUT2D eigenvalue weighted by atomic mass is 35.5. The fourth-order valence-electron chi connectivity index (χ4n) is 5.47. The van der Waals surface area contributed by atoms with Gasteiger partial charge in [0.05, 0.1) is 29.1 Å². The Labute approximate surface area is 316 Å². The highest BCUT2D eigenvalue weighted by Gasteiger charge is 2.31. The predicted molar refractivity (Wildman–Crippen MR) is 199 cm³/mol. The van der Waals surface area contributed by atoms with E-state index in [0.717, 1.165) is 5.56 Å². The Kier molecular flexibility index (Phi) is 14.2. The first-order chi connectivity index (χ1) is 24.6. The summed E-state index contributed by atoms with van der Waals surface area (Å²) in [7, 11) is 1.53. The van der Waals surface area contributed by atoms with Gasteiger partial charge in [-0.3, -0.25) is 28.8 Å². The third-order valence-corrected chi connectivity index (χ3v) is 10.2. The summed E-state index contributed by atoms with van der Waals surface area (Å²) in [6, 6.07) is 10.6. The summed E-state index contributed by atoms with van der Waals surface area (Å²) in [5.41, 5.74) is 1.53. The van der Waals surface area contributed by atoms with E-state index < -0.39 is 59.6 Å². The first-order valence-corrected chi connectivity index (χ1v) is 18.4. The van der Waals surface area contributed by atoms with Crippen molar-refractivity contribution < 1.29 is 28.8 Å². The molecule has 1 aliphatic rings. The number of carbonyl (C=O) groups is 6. The van der Waals surface area contributed by atoms with Crippen molar-refractivity contribution in [2.75, 3.05) is 26.7 Å². The second-order valence-electron chi connectivity index (χ2n) is 13.0. The van der Waals surface area contributed by atoms with Gasteiger partial charge in [-0.25, -0.2) is 4.98 Å². The second-order valence-corrected chi connectivity index (χ2v) is 14.7. The van der Waals surface area contributed by atoms with Crippen LogP contribution in [0.5, 0.6) is 0 Å². The fraction of sp³-hybridized carbons (Fsp3) is 0.417. The summed E-state index contributed by atoms with van der Waals surface area (Å²) in [5, 5.41) is 13.6. The van der Waals surface area contributed by atoms with Gasteiger partial charge in [0.1, 0.15) is 28.8 Å². The molecule has 3 aromatic rings. The maximum atomic E-state index is 13.7. The van der Waals surface area contributed by atoms with Crippen LogP contribution in [0.3, 0.4) is 0 Å². The molecular formula is C36H43Cl2N7O6S. The predicted octanol–water partition coefficient (Wildman–Crippen LogP) is 3.16. The van der Waals surface area contributed by atoms with Crippen LogP contribution in [0.2, 0.25) is 10.0 Å². The van der Waals surface area contributed by atoms with Crippen molar-refractivity contribution in [3.05, 3.63) is 85.8 Å². The molecule has 13 nitrogen and oxygen atoms in total. The zero-order valence-corrected chi connectivity index (χ0v) is 31.9. The number of carbonyl (C=O) groups excluding carboxylic acids is 6. The number of benzene rings is 2. The topological polar surface area (TPSA) is 170 Å². The number of thiazole rings is 1. The van der Waals surface area contributed by atoms with E-state index in [2.05, 4.69) is 26.3 Å². The van der Waals surface area contributed by atoms with Gasteiger partial charge in [-0.15, -0.1) is 11.3 Å². The quantitative estimate of drug-likeness (QED) is 0.309. The van der Waals surface area contributed by atoms with Crippen molar-refractivity contribution in [3.8, 4) is 0 Å². The third kappa shape index (κ3) is 11.0. The minimum atomic E-state index is -1.03. The molecule has 6 amide bonds. The average Bonchev–Trinajstić information content (AvgIpc) is 3.60. The number of rotatable bonds is 5. The first kappa shape index (κ1) is 40.2. The molecule has 52 heavy (non-hydrogen) atoms. The SMILES string of the molecule is CC(C)[C@@H]1NC(=O)[C@H](C)NC(=O)c2csc(n2)[C@H](Cc2ccccc2)NC(=O)CN(C(=O)Cc2ccc(Cl)c(Cl)c2)CCN(C)C(=O)[C@@H](C)NC1=O. The van der Waals surface area contributed by atoms with Crippen molar-refractivity contribution in [2.24, 2.45) is 5.92 Å². The van der Waals surface area contributed by atoms with Crippen LogP contribution in [-0.4, -0.2) is 95.0 Å². The Balaban J connectivity index is 1.67. The first-order valence-electron chi connectivity index (χ1n) is 16.8. The van der Waals surface area contributed by atoms with Gasteiger partial charge in [0.2, 0.25) is 29.5 Å². The van der Waals surface area contributed by atoms with Crippen LogP contribution in [0.15, 0.2) is 53.9 Å². The van der Waals surface area contributed by atoms with Crippen LogP contribution in [0.4, 0.5) is 0 Å². The second kappa shape index (κ2) is 18.3. The number of nitrogens with one attached hydrogen (secondary N) is 4. The van der Waals surface area contributed by atoms with Gasteiger partial charge in [-0.1, -0.05) is 73.4 Å². The molecule has 0 aliphatic carbocycles. The molecule has 1 aromatic heterocycles. The van der Waals surface area contributed by atoms with Crippen molar-refractivity contribution in [3.63, 3.8) is 0 Å². The molecule has 0 radical (unpaired) electrons. The van der Waals surface area contributed by atoms with E-state index in [9.17, 15) is 28.8 Å². The molecule has 0 saturated heterocycles. The van der Waals surface area contributed by atoms with Crippen molar-refractivity contribution in [1.29, 1.82) is 0 Å². The summed E-state index contributed by atoms with van der Waals surface area (Å²) < 4.78 is 0. The normalized spacial score (nSPS) is 21.5. The number of hydrogen-bond donors (Lipinski definition) is 4. The van der Waals surface area contributed by atoms with Gasteiger partial charge < -0.3 is 31.1 Å². The molecule has 2 heterocycles. The molecule has 4 atom stereocenters. The lowest BCUT2D eigenvalue weighted by Gasteiger charge is -2.29. The van der Waals surface area contributed by atoms with Crippen LogP contribution < -0.4 is 21.3 Å². The summed E-state index contributed by atoms with van der Waals surface area (Å²) in [4.78, 5) is 87.7. The van der Waals surface area contributed by atoms with E-state index in [1.54, 1.807) is 32.0 Å². The third-order valence-electron chi connectivity index (χ3n) is 8.50. The van der Waals surface area contributed by atoms with Crippen LogP contribution >= 0.6 is 34.5 Å². The van der Waals surface area contributed by atoms with Crippen LogP contribution in [0.25, 0.3) is 0 Å². The van der Waals surface area contributed by atoms with Crippen LogP contribution in [-0.2, 0) is 36.8 Å². The molecule has 278 valence electrons. The summed E-state index contributed by atoms with van der Waals surface area (Å²) >= 11 is 13.4. The number of likely N-dealkylation sites (N-methyl/N-ethyl adjacent to an activating group) is 1. The number of hydrogen-bond acceptors (Lipinski definition) is 8. The lowest BCUT2D eigenvalue weighted by Crippen LogP contribution is -2.57. The van der Waals surface area contributed by atoms with E-state index in [0.29, 0.717) is 22.0 Å². The van der Waals surface area contributed by atoms with Crippen LogP contribution in [0.1, 0.15) is 60.4 Å². The zero-order valence-electron chi connectivity index (χ0n) is 29.6.